The van der Waals surface area contributed by atoms with Gasteiger partial charge in [-0.1, -0.05) is 0 Å². The number of hydrogen-bond donors (Lipinski definition) is 3. The lowest BCUT2D eigenvalue weighted by atomic mass is 9.90. The number of nitrogens with one attached hydrogen (secondary N) is 2. The van der Waals surface area contributed by atoms with Crippen molar-refractivity contribution in [2.75, 3.05) is 18.5 Å². The van der Waals surface area contributed by atoms with Gasteiger partial charge in [-0.05, 0) is 57.0 Å². The van der Waals surface area contributed by atoms with Crippen LogP contribution in [0.2, 0.25) is 0 Å². The summed E-state index contributed by atoms with van der Waals surface area (Å²) in [7, 11) is 0. The first-order valence-electron chi connectivity index (χ1n) is 7.57. The van der Waals surface area contributed by atoms with Gasteiger partial charge in [0.15, 0.2) is 0 Å². The van der Waals surface area contributed by atoms with Gasteiger partial charge in [0, 0.05) is 5.69 Å². The van der Waals surface area contributed by atoms with Gasteiger partial charge in [0.05, 0.1) is 18.6 Å². The second-order valence-corrected chi connectivity index (χ2v) is 5.76. The van der Waals surface area contributed by atoms with Gasteiger partial charge in [-0.25, -0.2) is 0 Å². The molecule has 0 saturated carbocycles. The summed E-state index contributed by atoms with van der Waals surface area (Å²) in [5, 5.41) is 6.21. The number of anilines is 1. The number of rotatable bonds is 6. The predicted molar refractivity (Wildman–Crippen MR) is 91.9 cm³/mol. The molecule has 0 radical (unpaired) electrons. The van der Waals surface area contributed by atoms with Crippen molar-refractivity contribution in [1.29, 1.82) is 0 Å². The van der Waals surface area contributed by atoms with Crippen LogP contribution in [0.4, 0.5) is 5.69 Å². The van der Waals surface area contributed by atoms with Crippen molar-refractivity contribution in [3.63, 3.8) is 0 Å². The Labute approximate surface area is 142 Å². The summed E-state index contributed by atoms with van der Waals surface area (Å²) in [6.07, 6.45) is 3.19. The van der Waals surface area contributed by atoms with Crippen LogP contribution in [0.3, 0.4) is 0 Å². The van der Waals surface area contributed by atoms with E-state index in [1.807, 2.05) is 6.92 Å². The van der Waals surface area contributed by atoms with E-state index in [9.17, 15) is 9.59 Å². The maximum absolute atomic E-state index is 12.4. The molecule has 1 aliphatic heterocycles. The SMILES string of the molecule is CC1(C(=O)Nc2ccc(OCCC(N)=O)cc2)CCCCN1.Cl. The van der Waals surface area contributed by atoms with Gasteiger partial charge in [0.2, 0.25) is 11.8 Å². The van der Waals surface area contributed by atoms with Gasteiger partial charge in [-0.3, -0.25) is 9.59 Å². The zero-order chi connectivity index (χ0) is 16.0. The number of ether oxygens (including phenoxy) is 1. The summed E-state index contributed by atoms with van der Waals surface area (Å²) in [4.78, 5) is 23.0. The number of carbonyl (C=O) groups excluding carboxylic acids is 2. The number of carbonyl (C=O) groups is 2. The molecule has 7 heteroatoms. The fraction of sp³-hybridized carbons (Fsp3) is 0.500. The normalized spacial score (nSPS) is 20.2. The number of primary amides is 1. The summed E-state index contributed by atoms with van der Waals surface area (Å²) < 4.78 is 5.39. The molecule has 2 amide bonds. The van der Waals surface area contributed by atoms with Gasteiger partial charge < -0.3 is 21.1 Å². The highest BCUT2D eigenvalue weighted by molar-refractivity contribution is 5.97. The summed E-state index contributed by atoms with van der Waals surface area (Å²) >= 11 is 0. The molecule has 1 saturated heterocycles. The minimum atomic E-state index is -0.505. The maximum Gasteiger partial charge on any atom is 0.244 e. The minimum Gasteiger partial charge on any atom is -0.493 e. The third kappa shape index (κ3) is 5.73. The summed E-state index contributed by atoms with van der Waals surface area (Å²) in [6.45, 7) is 3.06. The van der Waals surface area contributed by atoms with Gasteiger partial charge in [0.1, 0.15) is 5.75 Å². The molecule has 23 heavy (non-hydrogen) atoms. The molecule has 128 valence electrons. The van der Waals surface area contributed by atoms with Gasteiger partial charge in [-0.15, -0.1) is 12.4 Å². The van der Waals surface area contributed by atoms with Gasteiger partial charge >= 0.3 is 0 Å². The Bertz CT molecular complexity index is 528. The summed E-state index contributed by atoms with van der Waals surface area (Å²) in [5.41, 5.74) is 5.26. The third-order valence-electron chi connectivity index (χ3n) is 3.85. The van der Waals surface area contributed by atoms with Crippen LogP contribution in [0.15, 0.2) is 24.3 Å². The van der Waals surface area contributed by atoms with Crippen LogP contribution in [0.25, 0.3) is 0 Å². The smallest absolute Gasteiger partial charge is 0.244 e. The molecular formula is C16H24ClN3O3. The Hall–Kier alpha value is -1.79. The Kier molecular flexibility index (Phi) is 7.32. The first-order valence-corrected chi connectivity index (χ1v) is 7.57. The summed E-state index contributed by atoms with van der Waals surface area (Å²) in [5.74, 6) is 0.230. The highest BCUT2D eigenvalue weighted by Crippen LogP contribution is 2.22. The molecule has 4 N–H and O–H groups in total. The van der Waals surface area contributed by atoms with E-state index in [1.54, 1.807) is 24.3 Å². The first-order chi connectivity index (χ1) is 10.5. The van der Waals surface area contributed by atoms with E-state index in [-0.39, 0.29) is 31.3 Å². The lowest BCUT2D eigenvalue weighted by Gasteiger charge is -2.33. The van der Waals surface area contributed by atoms with Crippen LogP contribution in [-0.4, -0.2) is 30.5 Å². The van der Waals surface area contributed by atoms with Crippen LogP contribution >= 0.6 is 12.4 Å². The highest BCUT2D eigenvalue weighted by atomic mass is 35.5. The quantitative estimate of drug-likeness (QED) is 0.736. The molecule has 1 aliphatic rings. The second kappa shape index (κ2) is 8.74. The van der Waals surface area contributed by atoms with Gasteiger partial charge in [0.25, 0.3) is 0 Å². The zero-order valence-electron chi connectivity index (χ0n) is 13.3. The number of nitrogens with two attached hydrogens (primary N) is 1. The molecule has 1 aromatic carbocycles. The van der Waals surface area contributed by atoms with E-state index >= 15 is 0 Å². The van der Waals surface area contributed by atoms with Crippen LogP contribution in [0.1, 0.15) is 32.6 Å². The first kappa shape index (κ1) is 19.3. The van der Waals surface area contributed by atoms with Crippen molar-refractivity contribution in [3.05, 3.63) is 24.3 Å². The minimum absolute atomic E-state index is 0. The Morgan fingerprint density at radius 1 is 1.30 bits per heavy atom. The van der Waals surface area contributed by atoms with E-state index in [2.05, 4.69) is 10.6 Å². The lowest BCUT2D eigenvalue weighted by Crippen LogP contribution is -2.54. The molecule has 1 fully saturated rings. The molecule has 2 rings (SSSR count). The van der Waals surface area contributed by atoms with Crippen LogP contribution in [-0.2, 0) is 9.59 Å². The average molecular weight is 342 g/mol. The Morgan fingerprint density at radius 3 is 2.57 bits per heavy atom. The Balaban J connectivity index is 0.00000264. The van der Waals surface area contributed by atoms with E-state index in [0.29, 0.717) is 5.75 Å². The molecule has 0 aromatic heterocycles. The molecule has 1 aromatic rings. The Morgan fingerprint density at radius 2 is 2.00 bits per heavy atom. The average Bonchev–Trinajstić information content (AvgIpc) is 2.49. The number of piperidine rings is 1. The fourth-order valence-electron chi connectivity index (χ4n) is 2.42. The van der Waals surface area contributed by atoms with Crippen LogP contribution in [0.5, 0.6) is 5.75 Å². The molecule has 0 bridgehead atoms. The molecule has 6 nitrogen and oxygen atoms in total. The molecule has 1 heterocycles. The van der Waals surface area contributed by atoms with Crippen molar-refractivity contribution < 1.29 is 14.3 Å². The maximum atomic E-state index is 12.4. The van der Waals surface area contributed by atoms with E-state index < -0.39 is 11.4 Å². The van der Waals surface area contributed by atoms with E-state index in [0.717, 1.165) is 31.5 Å². The number of halogens is 1. The molecule has 1 unspecified atom stereocenters. The second-order valence-electron chi connectivity index (χ2n) is 5.76. The van der Waals surface area contributed by atoms with E-state index in [4.69, 9.17) is 10.5 Å². The standard InChI is InChI=1S/C16H23N3O3.ClH/c1-16(9-2-3-10-18-16)15(21)19-12-4-6-13(7-5-12)22-11-8-14(17)20;/h4-7,18H,2-3,8-11H2,1H3,(H2,17,20)(H,19,21);1H. The topological polar surface area (TPSA) is 93.4 Å². The van der Waals surface area contributed by atoms with Crippen molar-refractivity contribution in [2.45, 2.75) is 38.1 Å². The fourth-order valence-corrected chi connectivity index (χ4v) is 2.42. The molecule has 1 atom stereocenters. The van der Waals surface area contributed by atoms with Crippen molar-refractivity contribution in [1.82, 2.24) is 5.32 Å². The molecule has 0 spiro atoms. The van der Waals surface area contributed by atoms with Crippen LogP contribution < -0.4 is 21.1 Å². The van der Waals surface area contributed by atoms with Crippen molar-refractivity contribution in [3.8, 4) is 5.75 Å². The third-order valence-corrected chi connectivity index (χ3v) is 3.85. The predicted octanol–water partition coefficient (Wildman–Crippen LogP) is 1.83. The number of benzene rings is 1. The van der Waals surface area contributed by atoms with Gasteiger partial charge in [-0.2, -0.15) is 0 Å². The number of amides is 2. The zero-order valence-corrected chi connectivity index (χ0v) is 14.1. The highest BCUT2D eigenvalue weighted by Gasteiger charge is 2.34. The van der Waals surface area contributed by atoms with E-state index in [1.165, 1.54) is 0 Å². The van der Waals surface area contributed by atoms with Crippen LogP contribution in [0, 0.1) is 0 Å². The largest absolute Gasteiger partial charge is 0.493 e. The number of hydrogen-bond acceptors (Lipinski definition) is 4. The molecule has 0 aliphatic carbocycles. The lowest BCUT2D eigenvalue weighted by molar-refractivity contribution is -0.122. The molecular weight excluding hydrogens is 318 g/mol. The summed E-state index contributed by atoms with van der Waals surface area (Å²) in [6, 6.07) is 7.08. The van der Waals surface area contributed by atoms with Crippen molar-refractivity contribution in [2.24, 2.45) is 5.73 Å². The monoisotopic (exact) mass is 341 g/mol. The van der Waals surface area contributed by atoms with Crippen molar-refractivity contribution >= 4 is 29.9 Å².